The second-order valence-corrected chi connectivity index (χ2v) is 6.15. The monoisotopic (exact) mass is 222 g/mol. The summed E-state index contributed by atoms with van der Waals surface area (Å²) in [6.45, 7) is 4.82. The summed E-state index contributed by atoms with van der Waals surface area (Å²) in [5.41, 5.74) is -0.508. The Labute approximate surface area is 82.3 Å². The van der Waals surface area contributed by atoms with Gasteiger partial charge in [-0.3, -0.25) is 9.36 Å². The van der Waals surface area contributed by atoms with Crippen LogP contribution in [-0.2, 0) is 9.36 Å². The van der Waals surface area contributed by atoms with Crippen LogP contribution in [0.5, 0.6) is 0 Å². The molecule has 1 aliphatic carbocycles. The van der Waals surface area contributed by atoms with Crippen molar-refractivity contribution in [1.82, 2.24) is 0 Å². The molecule has 0 radical (unpaired) electrons. The van der Waals surface area contributed by atoms with Crippen molar-refractivity contribution >= 4 is 13.4 Å². The molecule has 3 atom stereocenters. The van der Waals surface area contributed by atoms with Crippen LogP contribution in [-0.4, -0.2) is 26.5 Å². The number of ketones is 1. The first-order valence-electron chi connectivity index (χ1n) is 4.34. The summed E-state index contributed by atoms with van der Waals surface area (Å²) in [6.07, 6.45) is 0. The molecule has 82 valence electrons. The summed E-state index contributed by atoms with van der Waals surface area (Å²) in [5, 5.41) is 9.37. The van der Waals surface area contributed by atoms with Crippen LogP contribution in [0, 0.1) is 17.3 Å². The lowest BCUT2D eigenvalue weighted by Gasteiger charge is -2.13. The molecule has 1 fully saturated rings. The van der Waals surface area contributed by atoms with Crippen LogP contribution in [0.25, 0.3) is 0 Å². The molecule has 0 aromatic carbocycles. The first-order chi connectivity index (χ1) is 6.10. The van der Waals surface area contributed by atoms with Crippen molar-refractivity contribution in [2.75, 3.05) is 0 Å². The normalized spacial score (nSPS) is 32.4. The Bertz CT molecular complexity index is 305. The molecule has 1 saturated carbocycles. The summed E-state index contributed by atoms with van der Waals surface area (Å²) in [5.74, 6) is -2.91. The van der Waals surface area contributed by atoms with E-state index in [0.29, 0.717) is 0 Å². The van der Waals surface area contributed by atoms with Crippen LogP contribution in [0.2, 0.25) is 0 Å². The van der Waals surface area contributed by atoms with E-state index in [-0.39, 0.29) is 5.78 Å². The standard InChI is InChI=1S/C8H15O5P/c1-4(9)5-6(8(5,2)3)7(10)14(11,12)13/h5-7,10H,1-3H3,(H2,11,12,13). The van der Waals surface area contributed by atoms with Gasteiger partial charge in [0, 0.05) is 11.8 Å². The lowest BCUT2D eigenvalue weighted by Crippen LogP contribution is -2.14. The lowest BCUT2D eigenvalue weighted by atomic mass is 10.1. The third-order valence-electron chi connectivity index (χ3n) is 3.01. The molecular formula is C8H15O5P. The van der Waals surface area contributed by atoms with Crippen LogP contribution in [0.4, 0.5) is 0 Å². The van der Waals surface area contributed by atoms with Gasteiger partial charge in [0.15, 0.2) is 5.85 Å². The average Bonchev–Trinajstić information content (AvgIpc) is 2.49. The number of hydrogen-bond donors (Lipinski definition) is 3. The van der Waals surface area contributed by atoms with Gasteiger partial charge in [0.2, 0.25) is 0 Å². The average molecular weight is 222 g/mol. The Kier molecular flexibility index (Phi) is 2.66. The number of Topliss-reactive ketones (excluding diaryl/α,β-unsaturated/α-hetero) is 1. The van der Waals surface area contributed by atoms with Gasteiger partial charge in [-0.1, -0.05) is 13.8 Å². The second kappa shape index (κ2) is 3.14. The van der Waals surface area contributed by atoms with Crippen LogP contribution in [0.15, 0.2) is 0 Å². The predicted molar refractivity (Wildman–Crippen MR) is 49.5 cm³/mol. The van der Waals surface area contributed by atoms with E-state index in [1.54, 1.807) is 13.8 Å². The summed E-state index contributed by atoms with van der Waals surface area (Å²) < 4.78 is 10.8. The van der Waals surface area contributed by atoms with E-state index >= 15 is 0 Å². The summed E-state index contributed by atoms with van der Waals surface area (Å²) in [6, 6.07) is 0. The first-order valence-corrected chi connectivity index (χ1v) is 6.02. The number of carbonyl (C=O) groups is 1. The Morgan fingerprint density at radius 3 is 2.07 bits per heavy atom. The minimum Gasteiger partial charge on any atom is -0.380 e. The molecule has 0 aliphatic heterocycles. The van der Waals surface area contributed by atoms with Gasteiger partial charge >= 0.3 is 7.60 Å². The van der Waals surface area contributed by atoms with Gasteiger partial charge in [-0.25, -0.2) is 0 Å². The van der Waals surface area contributed by atoms with E-state index in [2.05, 4.69) is 0 Å². The van der Waals surface area contributed by atoms with E-state index in [9.17, 15) is 14.5 Å². The van der Waals surface area contributed by atoms with Gasteiger partial charge in [0.05, 0.1) is 0 Å². The largest absolute Gasteiger partial charge is 0.380 e. The highest BCUT2D eigenvalue weighted by molar-refractivity contribution is 7.52. The third kappa shape index (κ3) is 1.77. The number of carbonyl (C=O) groups excluding carboxylic acids is 1. The van der Waals surface area contributed by atoms with E-state index < -0.39 is 30.7 Å². The van der Waals surface area contributed by atoms with E-state index in [1.807, 2.05) is 0 Å². The highest BCUT2D eigenvalue weighted by atomic mass is 31.2. The van der Waals surface area contributed by atoms with Crippen LogP contribution in [0.3, 0.4) is 0 Å². The van der Waals surface area contributed by atoms with Crippen molar-refractivity contribution < 1.29 is 24.3 Å². The Morgan fingerprint density at radius 2 is 1.86 bits per heavy atom. The topological polar surface area (TPSA) is 94.8 Å². The highest BCUT2D eigenvalue weighted by Crippen LogP contribution is 2.65. The first kappa shape index (κ1) is 11.9. The molecule has 0 aromatic rings. The van der Waals surface area contributed by atoms with E-state index in [1.165, 1.54) is 6.92 Å². The van der Waals surface area contributed by atoms with Crippen molar-refractivity contribution in [2.45, 2.75) is 26.6 Å². The van der Waals surface area contributed by atoms with Crippen molar-refractivity contribution in [3.8, 4) is 0 Å². The van der Waals surface area contributed by atoms with Crippen molar-refractivity contribution in [3.05, 3.63) is 0 Å². The molecule has 3 N–H and O–H groups in total. The van der Waals surface area contributed by atoms with Crippen LogP contribution >= 0.6 is 7.60 Å². The number of hydrogen-bond acceptors (Lipinski definition) is 3. The smallest absolute Gasteiger partial charge is 0.354 e. The Hall–Kier alpha value is -0.220. The fraction of sp³-hybridized carbons (Fsp3) is 0.875. The van der Waals surface area contributed by atoms with Gasteiger partial charge in [-0.05, 0) is 12.3 Å². The van der Waals surface area contributed by atoms with Crippen LogP contribution < -0.4 is 0 Å². The van der Waals surface area contributed by atoms with Crippen molar-refractivity contribution in [1.29, 1.82) is 0 Å². The molecule has 0 heterocycles. The fourth-order valence-electron chi connectivity index (χ4n) is 2.22. The lowest BCUT2D eigenvalue weighted by molar-refractivity contribution is -0.119. The molecule has 6 heteroatoms. The van der Waals surface area contributed by atoms with Gasteiger partial charge < -0.3 is 14.9 Å². The number of aliphatic hydroxyl groups excluding tert-OH is 1. The molecular weight excluding hydrogens is 207 g/mol. The fourth-order valence-corrected chi connectivity index (χ4v) is 3.19. The van der Waals surface area contributed by atoms with Crippen LogP contribution in [0.1, 0.15) is 20.8 Å². The Balaban J connectivity index is 2.84. The maximum absolute atomic E-state index is 11.1. The van der Waals surface area contributed by atoms with E-state index in [4.69, 9.17) is 9.79 Å². The molecule has 1 rings (SSSR count). The predicted octanol–water partition coefficient (Wildman–Crippen LogP) is 0.344. The van der Waals surface area contributed by atoms with Gasteiger partial charge in [0.25, 0.3) is 0 Å². The SMILES string of the molecule is CC(=O)C1C(C(O)P(=O)(O)O)C1(C)C. The molecule has 14 heavy (non-hydrogen) atoms. The zero-order valence-electron chi connectivity index (χ0n) is 8.34. The molecule has 5 nitrogen and oxygen atoms in total. The molecule has 0 amide bonds. The number of rotatable bonds is 3. The summed E-state index contributed by atoms with van der Waals surface area (Å²) >= 11 is 0. The summed E-state index contributed by atoms with van der Waals surface area (Å²) in [7, 11) is -4.50. The van der Waals surface area contributed by atoms with Crippen molar-refractivity contribution in [3.63, 3.8) is 0 Å². The van der Waals surface area contributed by atoms with Crippen molar-refractivity contribution in [2.24, 2.45) is 17.3 Å². The minimum atomic E-state index is -4.50. The maximum atomic E-state index is 11.1. The summed E-state index contributed by atoms with van der Waals surface area (Å²) in [4.78, 5) is 28.7. The quantitative estimate of drug-likeness (QED) is 0.598. The Morgan fingerprint density at radius 1 is 1.43 bits per heavy atom. The molecule has 3 unspecified atom stereocenters. The zero-order chi connectivity index (χ0) is 11.3. The van der Waals surface area contributed by atoms with E-state index in [0.717, 1.165) is 0 Å². The minimum absolute atomic E-state index is 0.132. The van der Waals surface area contributed by atoms with Gasteiger partial charge in [-0.15, -0.1) is 0 Å². The third-order valence-corrected chi connectivity index (χ3v) is 4.02. The maximum Gasteiger partial charge on any atom is 0.354 e. The second-order valence-electron chi connectivity index (χ2n) is 4.44. The molecule has 0 bridgehead atoms. The van der Waals surface area contributed by atoms with Gasteiger partial charge in [0.1, 0.15) is 5.78 Å². The molecule has 0 aromatic heterocycles. The molecule has 0 saturated heterocycles. The zero-order valence-corrected chi connectivity index (χ0v) is 9.23. The molecule has 0 spiro atoms. The number of aliphatic hydroxyl groups is 1. The molecule has 1 aliphatic rings. The van der Waals surface area contributed by atoms with Gasteiger partial charge in [-0.2, -0.15) is 0 Å². The highest BCUT2D eigenvalue weighted by Gasteiger charge is 2.66.